The predicted octanol–water partition coefficient (Wildman–Crippen LogP) is 7.41. The number of amides is 2. The first kappa shape index (κ1) is 33.1. The zero-order valence-corrected chi connectivity index (χ0v) is 27.3. The van der Waals surface area contributed by atoms with Crippen molar-refractivity contribution in [2.45, 2.75) is 75.9 Å². The lowest BCUT2D eigenvalue weighted by Gasteiger charge is -2.34. The van der Waals surface area contributed by atoms with E-state index in [1.807, 2.05) is 13.8 Å². The number of rotatable bonds is 11. The lowest BCUT2D eigenvalue weighted by atomic mass is 9.95. The minimum absolute atomic E-state index is 0.0219. The zero-order chi connectivity index (χ0) is 31.1. The molecule has 3 aromatic carbocycles. The Morgan fingerprint density at radius 2 is 1.56 bits per heavy atom. The second-order valence-corrected chi connectivity index (χ2v) is 13.9. The molecule has 1 unspecified atom stereocenters. The van der Waals surface area contributed by atoms with Crippen LogP contribution in [-0.2, 0) is 26.2 Å². The molecular formula is C32H36Cl3N3O4S. The summed E-state index contributed by atoms with van der Waals surface area (Å²) >= 11 is 19.3. The molecule has 0 spiro atoms. The Kier molecular flexibility index (Phi) is 11.4. The van der Waals surface area contributed by atoms with Gasteiger partial charge in [-0.25, -0.2) is 8.42 Å². The SMILES string of the molecule is CCC(C(=O)NC1CCCCC1)N(Cc1c(Cl)cccc1Cl)C(=O)CN(c1cccc(Cl)c1)S(=O)(=O)c1ccc(C)cc1. The number of anilines is 1. The molecule has 1 atom stereocenters. The summed E-state index contributed by atoms with van der Waals surface area (Å²) in [6, 6.07) is 16.9. The van der Waals surface area contributed by atoms with Gasteiger partial charge in [0.05, 0.1) is 10.6 Å². The Labute approximate surface area is 269 Å². The molecule has 1 saturated carbocycles. The van der Waals surface area contributed by atoms with Gasteiger partial charge in [-0.2, -0.15) is 0 Å². The van der Waals surface area contributed by atoms with E-state index in [1.165, 1.54) is 23.1 Å². The molecule has 1 fully saturated rings. The Hall–Kier alpha value is -2.78. The molecule has 0 aromatic heterocycles. The molecule has 2 amide bonds. The monoisotopic (exact) mass is 663 g/mol. The van der Waals surface area contributed by atoms with Gasteiger partial charge in [-0.1, -0.05) is 90.8 Å². The van der Waals surface area contributed by atoms with Gasteiger partial charge in [0, 0.05) is 33.2 Å². The fraction of sp³-hybridized carbons (Fsp3) is 0.375. The van der Waals surface area contributed by atoms with E-state index in [2.05, 4.69) is 5.32 Å². The summed E-state index contributed by atoms with van der Waals surface area (Å²) in [5.41, 5.74) is 1.58. The minimum Gasteiger partial charge on any atom is -0.352 e. The Morgan fingerprint density at radius 3 is 2.16 bits per heavy atom. The maximum Gasteiger partial charge on any atom is 0.264 e. The summed E-state index contributed by atoms with van der Waals surface area (Å²) in [5.74, 6) is -0.876. The summed E-state index contributed by atoms with van der Waals surface area (Å²) in [5, 5.41) is 4.12. The van der Waals surface area contributed by atoms with E-state index < -0.39 is 28.5 Å². The van der Waals surface area contributed by atoms with Crippen LogP contribution < -0.4 is 9.62 Å². The van der Waals surface area contributed by atoms with E-state index in [0.29, 0.717) is 27.1 Å². The number of halogens is 3. The van der Waals surface area contributed by atoms with Crippen LogP contribution >= 0.6 is 34.8 Å². The minimum atomic E-state index is -4.21. The van der Waals surface area contributed by atoms with Crippen molar-refractivity contribution in [3.63, 3.8) is 0 Å². The van der Waals surface area contributed by atoms with E-state index >= 15 is 0 Å². The van der Waals surface area contributed by atoms with Crippen LogP contribution in [0.15, 0.2) is 71.6 Å². The number of hydrogen-bond acceptors (Lipinski definition) is 4. The van der Waals surface area contributed by atoms with Gasteiger partial charge in [-0.3, -0.25) is 13.9 Å². The van der Waals surface area contributed by atoms with Gasteiger partial charge in [-0.15, -0.1) is 0 Å². The predicted molar refractivity (Wildman–Crippen MR) is 173 cm³/mol. The first-order valence-electron chi connectivity index (χ1n) is 14.4. The molecular weight excluding hydrogens is 629 g/mol. The van der Waals surface area contributed by atoms with Gasteiger partial charge in [0.1, 0.15) is 12.6 Å². The molecule has 1 N–H and O–H groups in total. The Balaban J connectivity index is 1.74. The number of carbonyl (C=O) groups excluding carboxylic acids is 2. The van der Waals surface area contributed by atoms with Crippen LogP contribution in [0, 0.1) is 6.92 Å². The number of carbonyl (C=O) groups is 2. The van der Waals surface area contributed by atoms with Crippen molar-refractivity contribution in [3.05, 3.63) is 92.9 Å². The number of hydrogen-bond donors (Lipinski definition) is 1. The maximum absolute atomic E-state index is 14.3. The molecule has 0 heterocycles. The van der Waals surface area contributed by atoms with Crippen LogP contribution in [0.2, 0.25) is 15.1 Å². The van der Waals surface area contributed by atoms with Crippen molar-refractivity contribution in [2.24, 2.45) is 0 Å². The zero-order valence-electron chi connectivity index (χ0n) is 24.2. The summed E-state index contributed by atoms with van der Waals surface area (Å²) in [4.78, 5) is 29.4. The largest absolute Gasteiger partial charge is 0.352 e. The average molecular weight is 665 g/mol. The highest BCUT2D eigenvalue weighted by Gasteiger charge is 2.35. The van der Waals surface area contributed by atoms with Crippen molar-refractivity contribution >= 4 is 62.3 Å². The van der Waals surface area contributed by atoms with Crippen LogP contribution in [0.1, 0.15) is 56.6 Å². The molecule has 0 radical (unpaired) electrons. The van der Waals surface area contributed by atoms with Crippen molar-refractivity contribution in [1.29, 1.82) is 0 Å². The molecule has 0 aliphatic heterocycles. The Bertz CT molecular complexity index is 1520. The van der Waals surface area contributed by atoms with E-state index in [1.54, 1.807) is 48.5 Å². The van der Waals surface area contributed by atoms with E-state index in [-0.39, 0.29) is 29.1 Å². The first-order valence-corrected chi connectivity index (χ1v) is 17.0. The highest BCUT2D eigenvalue weighted by molar-refractivity contribution is 7.92. The molecule has 0 bridgehead atoms. The number of benzene rings is 3. The van der Waals surface area contributed by atoms with Gasteiger partial charge in [0.25, 0.3) is 10.0 Å². The molecule has 11 heteroatoms. The smallest absolute Gasteiger partial charge is 0.264 e. The van der Waals surface area contributed by atoms with Gasteiger partial charge >= 0.3 is 0 Å². The number of aryl methyl sites for hydroxylation is 1. The molecule has 7 nitrogen and oxygen atoms in total. The molecule has 3 aromatic rings. The van der Waals surface area contributed by atoms with Gasteiger partial charge in [-0.05, 0) is 68.7 Å². The molecule has 0 saturated heterocycles. The molecule has 1 aliphatic rings. The highest BCUT2D eigenvalue weighted by Crippen LogP contribution is 2.30. The van der Waals surface area contributed by atoms with E-state index in [4.69, 9.17) is 34.8 Å². The third-order valence-electron chi connectivity index (χ3n) is 7.71. The molecule has 230 valence electrons. The van der Waals surface area contributed by atoms with Gasteiger partial charge < -0.3 is 10.2 Å². The molecule has 1 aliphatic carbocycles. The summed E-state index contributed by atoms with van der Waals surface area (Å²) in [6.45, 7) is 3.01. The number of nitrogens with one attached hydrogen (secondary N) is 1. The van der Waals surface area contributed by atoms with E-state index in [0.717, 1.165) is 42.0 Å². The quantitative estimate of drug-likeness (QED) is 0.231. The van der Waals surface area contributed by atoms with Crippen LogP contribution in [0.4, 0.5) is 5.69 Å². The summed E-state index contributed by atoms with van der Waals surface area (Å²) in [7, 11) is -4.21. The fourth-order valence-electron chi connectivity index (χ4n) is 5.31. The first-order chi connectivity index (χ1) is 20.5. The highest BCUT2D eigenvalue weighted by atomic mass is 35.5. The van der Waals surface area contributed by atoms with Crippen molar-refractivity contribution in [3.8, 4) is 0 Å². The van der Waals surface area contributed by atoms with Crippen LogP contribution in [0.3, 0.4) is 0 Å². The third kappa shape index (κ3) is 8.24. The van der Waals surface area contributed by atoms with Gasteiger partial charge in [0.2, 0.25) is 11.8 Å². The maximum atomic E-state index is 14.3. The average Bonchev–Trinajstić information content (AvgIpc) is 2.97. The van der Waals surface area contributed by atoms with Crippen molar-refractivity contribution < 1.29 is 18.0 Å². The normalized spacial score (nSPS) is 14.6. The van der Waals surface area contributed by atoms with Crippen molar-refractivity contribution in [1.82, 2.24) is 10.2 Å². The number of sulfonamides is 1. The van der Waals surface area contributed by atoms with Crippen LogP contribution in [0.5, 0.6) is 0 Å². The van der Waals surface area contributed by atoms with Crippen LogP contribution in [0.25, 0.3) is 0 Å². The molecule has 4 rings (SSSR count). The Morgan fingerprint density at radius 1 is 0.930 bits per heavy atom. The second-order valence-electron chi connectivity index (χ2n) is 10.8. The van der Waals surface area contributed by atoms with Crippen LogP contribution in [-0.4, -0.2) is 43.8 Å². The lowest BCUT2D eigenvalue weighted by Crippen LogP contribution is -2.54. The summed E-state index contributed by atoms with van der Waals surface area (Å²) in [6.07, 6.45) is 5.26. The third-order valence-corrected chi connectivity index (χ3v) is 10.4. The lowest BCUT2D eigenvalue weighted by molar-refractivity contribution is -0.140. The summed E-state index contributed by atoms with van der Waals surface area (Å²) < 4.78 is 29.0. The second kappa shape index (κ2) is 14.8. The van der Waals surface area contributed by atoms with Crippen molar-refractivity contribution in [2.75, 3.05) is 10.8 Å². The van der Waals surface area contributed by atoms with Gasteiger partial charge in [0.15, 0.2) is 0 Å². The number of nitrogens with zero attached hydrogens (tertiary/aromatic N) is 2. The fourth-order valence-corrected chi connectivity index (χ4v) is 7.42. The standard InChI is InChI=1S/C32H36Cl3N3O4S/c1-3-30(32(40)36-24-10-5-4-6-11-24)37(20-27-28(34)13-8-14-29(27)35)31(39)21-38(25-12-7-9-23(33)19-25)43(41,42)26-17-15-22(2)16-18-26/h7-9,12-19,24,30H,3-6,10-11,20-21H2,1-2H3,(H,36,40). The molecule has 43 heavy (non-hydrogen) atoms. The van der Waals surface area contributed by atoms with E-state index in [9.17, 15) is 18.0 Å². The topological polar surface area (TPSA) is 86.8 Å².